The molecule has 0 saturated heterocycles. The lowest BCUT2D eigenvalue weighted by molar-refractivity contribution is -0.274. The summed E-state index contributed by atoms with van der Waals surface area (Å²) in [5.74, 6) is -2.22. The van der Waals surface area contributed by atoms with Crippen molar-refractivity contribution in [2.75, 3.05) is 0 Å². The smallest absolute Gasteiger partial charge is 0.444 e. The van der Waals surface area contributed by atoms with Crippen LogP contribution in [0.2, 0.25) is 0 Å². The van der Waals surface area contributed by atoms with Crippen LogP contribution < -0.4 is 10.1 Å². The minimum atomic E-state index is -5.07. The average molecular weight is 438 g/mol. The molecule has 2 heterocycles. The molecule has 0 saturated carbocycles. The van der Waals surface area contributed by atoms with Crippen molar-refractivity contribution in [3.63, 3.8) is 0 Å². The Labute approximate surface area is 166 Å². The third-order valence-electron chi connectivity index (χ3n) is 3.18. The maximum absolute atomic E-state index is 12.7. The van der Waals surface area contributed by atoms with Gasteiger partial charge in [0.05, 0.1) is 18.4 Å². The van der Waals surface area contributed by atoms with Gasteiger partial charge in [0.25, 0.3) is 0 Å². The highest BCUT2D eigenvalue weighted by molar-refractivity contribution is 5.70. The lowest BCUT2D eigenvalue weighted by atomic mass is 10.1. The van der Waals surface area contributed by atoms with Gasteiger partial charge in [-0.05, 0) is 26.8 Å². The first-order valence-electron chi connectivity index (χ1n) is 8.25. The Balaban J connectivity index is 2.33. The molecule has 13 heteroatoms. The van der Waals surface area contributed by atoms with Gasteiger partial charge >= 0.3 is 18.6 Å². The summed E-state index contributed by atoms with van der Waals surface area (Å²) >= 11 is 0. The molecule has 0 aromatic carbocycles. The molecular weight excluding hydrogens is 422 g/mol. The molecule has 2 rings (SSSR count). The molecule has 0 aliphatic heterocycles. The van der Waals surface area contributed by atoms with Gasteiger partial charge < -0.3 is 14.8 Å². The first-order valence-corrected chi connectivity index (χ1v) is 8.25. The van der Waals surface area contributed by atoms with Crippen molar-refractivity contribution >= 4 is 6.09 Å². The van der Waals surface area contributed by atoms with Crippen LogP contribution in [0.5, 0.6) is 5.75 Å². The fourth-order valence-corrected chi connectivity index (χ4v) is 2.10. The zero-order chi connectivity index (χ0) is 22.7. The number of carbonyl (C=O) groups is 1. The van der Waals surface area contributed by atoms with Gasteiger partial charge in [-0.15, -0.1) is 13.2 Å². The highest BCUT2D eigenvalue weighted by atomic mass is 19.4. The van der Waals surface area contributed by atoms with Crippen molar-refractivity contribution in [3.05, 3.63) is 36.2 Å². The fourth-order valence-electron chi connectivity index (χ4n) is 2.10. The van der Waals surface area contributed by atoms with E-state index in [0.29, 0.717) is 12.4 Å². The van der Waals surface area contributed by atoms with Crippen molar-refractivity contribution in [1.82, 2.24) is 20.3 Å². The minimum Gasteiger partial charge on any atom is -0.444 e. The SMILES string of the molecule is CC(C)(C)OC(=O)NCc1cc(-c2cnc(C(F)(F)F)nc2)c(OC(F)(F)F)cn1. The van der Waals surface area contributed by atoms with Gasteiger partial charge in [-0.25, -0.2) is 14.8 Å². The number of hydrogen-bond donors (Lipinski definition) is 1. The molecule has 164 valence electrons. The second kappa shape index (κ2) is 8.32. The summed E-state index contributed by atoms with van der Waals surface area (Å²) in [5.41, 5.74) is -1.13. The van der Waals surface area contributed by atoms with Gasteiger partial charge in [0.2, 0.25) is 5.82 Å². The highest BCUT2D eigenvalue weighted by Crippen LogP contribution is 2.34. The van der Waals surface area contributed by atoms with E-state index in [9.17, 15) is 31.1 Å². The zero-order valence-corrected chi connectivity index (χ0v) is 15.9. The molecule has 0 fully saturated rings. The van der Waals surface area contributed by atoms with Crippen LogP contribution in [0, 0.1) is 0 Å². The Hall–Kier alpha value is -3.12. The van der Waals surface area contributed by atoms with E-state index in [2.05, 4.69) is 25.0 Å². The third-order valence-corrected chi connectivity index (χ3v) is 3.18. The van der Waals surface area contributed by atoms with Crippen LogP contribution in [0.15, 0.2) is 24.7 Å². The molecule has 0 radical (unpaired) electrons. The van der Waals surface area contributed by atoms with Crippen molar-refractivity contribution in [2.45, 2.75) is 45.5 Å². The van der Waals surface area contributed by atoms with Crippen LogP contribution >= 0.6 is 0 Å². The molecule has 0 aliphatic carbocycles. The molecule has 7 nitrogen and oxygen atoms in total. The number of ether oxygens (including phenoxy) is 2. The maximum Gasteiger partial charge on any atom is 0.573 e. The molecule has 0 atom stereocenters. The molecule has 2 aromatic heterocycles. The van der Waals surface area contributed by atoms with E-state index in [1.165, 1.54) is 0 Å². The molecule has 0 aliphatic rings. The van der Waals surface area contributed by atoms with Gasteiger partial charge in [-0.1, -0.05) is 0 Å². The van der Waals surface area contributed by atoms with Gasteiger partial charge in [0, 0.05) is 23.5 Å². The van der Waals surface area contributed by atoms with E-state index in [-0.39, 0.29) is 23.4 Å². The van der Waals surface area contributed by atoms with Gasteiger partial charge in [0.1, 0.15) is 5.60 Å². The Morgan fingerprint density at radius 1 is 1.00 bits per heavy atom. The molecule has 1 N–H and O–H groups in total. The Morgan fingerprint density at radius 3 is 2.10 bits per heavy atom. The lowest BCUT2D eigenvalue weighted by Crippen LogP contribution is -2.32. The predicted molar refractivity (Wildman–Crippen MR) is 90.0 cm³/mol. The van der Waals surface area contributed by atoms with Crippen LogP contribution in [0.3, 0.4) is 0 Å². The lowest BCUT2D eigenvalue weighted by Gasteiger charge is -2.19. The molecule has 1 amide bonds. The van der Waals surface area contributed by atoms with E-state index in [0.717, 1.165) is 12.3 Å². The average Bonchev–Trinajstić information content (AvgIpc) is 2.57. The number of alkyl halides is 6. The Morgan fingerprint density at radius 2 is 1.60 bits per heavy atom. The largest absolute Gasteiger partial charge is 0.573 e. The van der Waals surface area contributed by atoms with Crippen molar-refractivity contribution in [1.29, 1.82) is 0 Å². The maximum atomic E-state index is 12.7. The molecule has 0 bridgehead atoms. The summed E-state index contributed by atoms with van der Waals surface area (Å²) in [6.07, 6.45) is -8.53. The van der Waals surface area contributed by atoms with Gasteiger partial charge in [-0.2, -0.15) is 13.2 Å². The number of alkyl carbamates (subject to hydrolysis) is 1. The van der Waals surface area contributed by atoms with Gasteiger partial charge in [0.15, 0.2) is 5.75 Å². The number of pyridine rings is 1. The third kappa shape index (κ3) is 7.04. The monoisotopic (exact) mass is 438 g/mol. The molecule has 0 spiro atoms. The van der Waals surface area contributed by atoms with Crippen molar-refractivity contribution in [3.8, 4) is 16.9 Å². The highest BCUT2D eigenvalue weighted by Gasteiger charge is 2.35. The van der Waals surface area contributed by atoms with Crippen LogP contribution in [-0.4, -0.2) is 33.0 Å². The fraction of sp³-hybridized carbons (Fsp3) is 0.412. The summed E-state index contributed by atoms with van der Waals surface area (Å²) in [6.45, 7) is 4.68. The van der Waals surface area contributed by atoms with E-state index >= 15 is 0 Å². The van der Waals surface area contributed by atoms with Crippen LogP contribution in [0.4, 0.5) is 31.1 Å². The summed E-state index contributed by atoms with van der Waals surface area (Å²) in [5, 5.41) is 2.36. The van der Waals surface area contributed by atoms with Crippen molar-refractivity contribution < 1.29 is 40.6 Å². The van der Waals surface area contributed by atoms with E-state index < -0.39 is 35.8 Å². The summed E-state index contributed by atoms with van der Waals surface area (Å²) in [4.78, 5) is 21.7. The number of aromatic nitrogens is 3. The van der Waals surface area contributed by atoms with Crippen LogP contribution in [0.25, 0.3) is 11.1 Å². The van der Waals surface area contributed by atoms with E-state index in [4.69, 9.17) is 4.74 Å². The van der Waals surface area contributed by atoms with Crippen LogP contribution in [-0.2, 0) is 17.5 Å². The van der Waals surface area contributed by atoms with Gasteiger partial charge in [-0.3, -0.25) is 4.98 Å². The molecule has 30 heavy (non-hydrogen) atoms. The van der Waals surface area contributed by atoms with Crippen molar-refractivity contribution in [2.24, 2.45) is 0 Å². The Bertz CT molecular complexity index is 892. The number of hydrogen-bond acceptors (Lipinski definition) is 6. The number of rotatable bonds is 4. The first-order chi connectivity index (χ1) is 13.6. The Kier molecular flexibility index (Phi) is 6.42. The summed E-state index contributed by atoms with van der Waals surface area (Å²) < 4.78 is 84.8. The topological polar surface area (TPSA) is 86.2 Å². The number of carbonyl (C=O) groups excluding carboxylic acids is 1. The molecular formula is C17H16F6N4O3. The zero-order valence-electron chi connectivity index (χ0n) is 15.9. The quantitative estimate of drug-likeness (QED) is 0.709. The number of amides is 1. The first kappa shape index (κ1) is 23.2. The number of nitrogens with zero attached hydrogens (tertiary/aromatic N) is 3. The second-order valence-corrected chi connectivity index (χ2v) is 6.87. The molecule has 2 aromatic rings. The predicted octanol–water partition coefficient (Wildman–Crippen LogP) is 4.48. The number of halogens is 6. The number of nitrogens with one attached hydrogen (secondary N) is 1. The standard InChI is InChI=1S/C17H16F6N4O3/c1-15(2,3)30-14(28)27-7-10-4-11(12(8-24-10)29-17(21,22)23)9-5-25-13(26-6-9)16(18,19)20/h4-6,8H,7H2,1-3H3,(H,27,28). The molecule has 0 unspecified atom stereocenters. The summed E-state index contributed by atoms with van der Waals surface area (Å²) in [7, 11) is 0. The van der Waals surface area contributed by atoms with E-state index in [1.54, 1.807) is 20.8 Å². The minimum absolute atomic E-state index is 0.0882. The summed E-state index contributed by atoms with van der Waals surface area (Å²) in [6, 6.07) is 1.10. The van der Waals surface area contributed by atoms with Crippen LogP contribution in [0.1, 0.15) is 32.3 Å². The van der Waals surface area contributed by atoms with E-state index in [1.807, 2.05) is 0 Å². The second-order valence-electron chi connectivity index (χ2n) is 6.87. The normalized spacial score (nSPS) is 12.4.